The quantitative estimate of drug-likeness (QED) is 0.806. The number of carbonyl (C=O) groups is 2. The topological polar surface area (TPSA) is 49.4 Å². The lowest BCUT2D eigenvalue weighted by Gasteiger charge is -2.14. The first-order valence-corrected chi connectivity index (χ1v) is 5.31. The lowest BCUT2D eigenvalue weighted by Crippen LogP contribution is -2.28. The molecule has 4 nitrogen and oxygen atoms in total. The van der Waals surface area contributed by atoms with Crippen LogP contribution in [0.25, 0.3) is 0 Å². The van der Waals surface area contributed by atoms with Gasteiger partial charge in [0.05, 0.1) is 5.69 Å². The Labute approximate surface area is 99.3 Å². The maximum absolute atomic E-state index is 11.4. The zero-order valence-corrected chi connectivity index (χ0v) is 9.80. The van der Waals surface area contributed by atoms with Crippen LogP contribution in [0.5, 0.6) is 0 Å². The molecule has 1 aliphatic rings. The molecule has 0 saturated carbocycles. The van der Waals surface area contributed by atoms with E-state index in [-0.39, 0.29) is 12.5 Å². The van der Waals surface area contributed by atoms with Crippen molar-refractivity contribution in [2.45, 2.75) is 0 Å². The molecular weight excluding hydrogens is 283 g/mol. The summed E-state index contributed by atoms with van der Waals surface area (Å²) in [5.74, 6) is -0.304. The van der Waals surface area contributed by atoms with Crippen molar-refractivity contribution in [3.05, 3.63) is 27.7 Å². The summed E-state index contributed by atoms with van der Waals surface area (Å²) in [6, 6.07) is 4.61. The van der Waals surface area contributed by atoms with E-state index in [9.17, 15) is 9.59 Å². The van der Waals surface area contributed by atoms with E-state index < -0.39 is 6.03 Å². The molecule has 6 heteroatoms. The van der Waals surface area contributed by atoms with Gasteiger partial charge >= 0.3 is 6.03 Å². The monoisotopic (exact) mass is 288 g/mol. The standard InChI is InChI=1S/C9H6BrClN2O2/c10-6-3-5(11)1-2-7(6)13-4-8(14)12-9(13)15/h1-3H,4H2,(H,12,14,15). The van der Waals surface area contributed by atoms with Crippen LogP contribution >= 0.6 is 27.5 Å². The molecule has 1 N–H and O–H groups in total. The first kappa shape index (κ1) is 10.4. The molecule has 1 fully saturated rings. The van der Waals surface area contributed by atoms with Crippen LogP contribution in [0.3, 0.4) is 0 Å². The Hall–Kier alpha value is -1.07. The average molecular weight is 290 g/mol. The fraction of sp³-hybridized carbons (Fsp3) is 0.111. The molecule has 0 radical (unpaired) electrons. The number of amides is 3. The van der Waals surface area contributed by atoms with E-state index in [2.05, 4.69) is 21.2 Å². The second-order valence-corrected chi connectivity index (χ2v) is 4.33. The maximum atomic E-state index is 11.4. The van der Waals surface area contributed by atoms with Crippen LogP contribution in [0.4, 0.5) is 10.5 Å². The summed E-state index contributed by atoms with van der Waals surface area (Å²) in [5.41, 5.74) is 0.628. The molecule has 78 valence electrons. The molecule has 15 heavy (non-hydrogen) atoms. The number of urea groups is 1. The van der Waals surface area contributed by atoms with Crippen molar-refractivity contribution in [3.8, 4) is 0 Å². The maximum Gasteiger partial charge on any atom is 0.329 e. The van der Waals surface area contributed by atoms with Gasteiger partial charge < -0.3 is 0 Å². The Morgan fingerprint density at radius 2 is 2.13 bits per heavy atom. The highest BCUT2D eigenvalue weighted by Crippen LogP contribution is 2.30. The largest absolute Gasteiger partial charge is 0.329 e. The van der Waals surface area contributed by atoms with Gasteiger partial charge in [0.1, 0.15) is 6.54 Å². The van der Waals surface area contributed by atoms with Gasteiger partial charge in [-0.2, -0.15) is 0 Å². The minimum Gasteiger partial charge on any atom is -0.284 e. The number of rotatable bonds is 1. The van der Waals surface area contributed by atoms with Crippen molar-refractivity contribution >= 4 is 45.2 Å². The molecule has 1 saturated heterocycles. The SMILES string of the molecule is O=C1CN(c2ccc(Cl)cc2Br)C(=O)N1. The Bertz CT molecular complexity index is 450. The minimum absolute atomic E-state index is 0.0407. The van der Waals surface area contributed by atoms with Gasteiger partial charge in [0.15, 0.2) is 0 Å². The molecule has 3 amide bonds. The Morgan fingerprint density at radius 1 is 1.40 bits per heavy atom. The van der Waals surface area contributed by atoms with E-state index in [1.54, 1.807) is 18.2 Å². The summed E-state index contributed by atoms with van der Waals surface area (Å²) < 4.78 is 0.680. The van der Waals surface area contributed by atoms with Crippen molar-refractivity contribution in [1.29, 1.82) is 0 Å². The number of nitrogens with one attached hydrogen (secondary N) is 1. The first-order valence-electron chi connectivity index (χ1n) is 4.14. The molecular formula is C9H6BrClN2O2. The van der Waals surface area contributed by atoms with Crippen molar-refractivity contribution in [3.63, 3.8) is 0 Å². The lowest BCUT2D eigenvalue weighted by atomic mass is 10.3. The van der Waals surface area contributed by atoms with E-state index >= 15 is 0 Å². The van der Waals surface area contributed by atoms with Gasteiger partial charge in [-0.15, -0.1) is 0 Å². The number of anilines is 1. The summed E-state index contributed by atoms with van der Waals surface area (Å²) in [7, 11) is 0. The van der Waals surface area contributed by atoms with Crippen molar-refractivity contribution in [2.75, 3.05) is 11.4 Å². The third-order valence-corrected chi connectivity index (χ3v) is 2.86. The summed E-state index contributed by atoms with van der Waals surface area (Å²) in [6.45, 7) is 0.0407. The fourth-order valence-corrected chi connectivity index (χ4v) is 2.23. The zero-order chi connectivity index (χ0) is 11.0. The number of nitrogens with zero attached hydrogens (tertiary/aromatic N) is 1. The van der Waals surface area contributed by atoms with Gasteiger partial charge in [0, 0.05) is 9.50 Å². The Morgan fingerprint density at radius 3 is 2.67 bits per heavy atom. The van der Waals surface area contributed by atoms with Crippen molar-refractivity contribution in [1.82, 2.24) is 5.32 Å². The molecule has 0 spiro atoms. The van der Waals surface area contributed by atoms with Gasteiger partial charge in [-0.05, 0) is 34.1 Å². The molecule has 1 heterocycles. The summed E-state index contributed by atoms with van der Waals surface area (Å²) in [4.78, 5) is 23.7. The van der Waals surface area contributed by atoms with Crippen LogP contribution in [0.1, 0.15) is 0 Å². The van der Waals surface area contributed by atoms with Gasteiger partial charge in [0.25, 0.3) is 0 Å². The molecule has 0 atom stereocenters. The summed E-state index contributed by atoms with van der Waals surface area (Å²) >= 11 is 9.06. The molecule has 1 aliphatic heterocycles. The van der Waals surface area contributed by atoms with E-state index in [0.29, 0.717) is 15.2 Å². The van der Waals surface area contributed by atoms with Crippen LogP contribution < -0.4 is 10.2 Å². The van der Waals surface area contributed by atoms with Gasteiger partial charge in [-0.25, -0.2) is 4.79 Å². The second kappa shape index (κ2) is 3.83. The number of benzene rings is 1. The zero-order valence-electron chi connectivity index (χ0n) is 7.46. The smallest absolute Gasteiger partial charge is 0.284 e. The molecule has 1 aromatic rings. The first-order chi connectivity index (χ1) is 7.08. The molecule has 0 bridgehead atoms. The highest BCUT2D eigenvalue weighted by molar-refractivity contribution is 9.10. The highest BCUT2D eigenvalue weighted by Gasteiger charge is 2.29. The molecule has 0 aromatic heterocycles. The Balaban J connectivity index is 2.38. The summed E-state index contributed by atoms with van der Waals surface area (Å²) in [5, 5.41) is 2.77. The van der Waals surface area contributed by atoms with Crippen LogP contribution in [0.15, 0.2) is 22.7 Å². The van der Waals surface area contributed by atoms with E-state index in [1.165, 1.54) is 4.90 Å². The average Bonchev–Trinajstić information content (AvgIpc) is 2.45. The van der Waals surface area contributed by atoms with Gasteiger partial charge in [-0.3, -0.25) is 15.0 Å². The Kier molecular flexibility index (Phi) is 2.67. The molecule has 2 rings (SSSR count). The number of carbonyl (C=O) groups excluding carboxylic acids is 2. The van der Waals surface area contributed by atoms with E-state index in [1.807, 2.05) is 0 Å². The van der Waals surface area contributed by atoms with E-state index in [4.69, 9.17) is 11.6 Å². The summed E-state index contributed by atoms with van der Waals surface area (Å²) in [6.07, 6.45) is 0. The number of halogens is 2. The van der Waals surface area contributed by atoms with Crippen molar-refractivity contribution in [2.24, 2.45) is 0 Å². The molecule has 0 aliphatic carbocycles. The van der Waals surface area contributed by atoms with E-state index in [0.717, 1.165) is 0 Å². The molecule has 0 unspecified atom stereocenters. The molecule has 1 aromatic carbocycles. The number of hydrogen-bond acceptors (Lipinski definition) is 2. The number of hydrogen-bond donors (Lipinski definition) is 1. The van der Waals surface area contributed by atoms with Crippen molar-refractivity contribution < 1.29 is 9.59 Å². The highest BCUT2D eigenvalue weighted by atomic mass is 79.9. The third kappa shape index (κ3) is 1.98. The van der Waals surface area contributed by atoms with Crippen LogP contribution in [0.2, 0.25) is 5.02 Å². The number of imide groups is 1. The normalized spacial score (nSPS) is 15.7. The lowest BCUT2D eigenvalue weighted by molar-refractivity contribution is -0.117. The van der Waals surface area contributed by atoms with Gasteiger partial charge in [0.2, 0.25) is 5.91 Å². The predicted molar refractivity (Wildman–Crippen MR) is 60.0 cm³/mol. The third-order valence-electron chi connectivity index (χ3n) is 1.99. The fourth-order valence-electron chi connectivity index (χ4n) is 1.34. The van der Waals surface area contributed by atoms with Crippen LogP contribution in [-0.2, 0) is 4.79 Å². The van der Waals surface area contributed by atoms with Crippen LogP contribution in [0, 0.1) is 0 Å². The second-order valence-electron chi connectivity index (χ2n) is 3.04. The van der Waals surface area contributed by atoms with Gasteiger partial charge in [-0.1, -0.05) is 11.6 Å². The minimum atomic E-state index is -0.414. The van der Waals surface area contributed by atoms with Crippen LogP contribution in [-0.4, -0.2) is 18.5 Å². The predicted octanol–water partition coefficient (Wildman–Crippen LogP) is 2.16.